The fourth-order valence-electron chi connectivity index (χ4n) is 1.83. The Morgan fingerprint density at radius 1 is 1.20 bits per heavy atom. The van der Waals surface area contributed by atoms with Crippen LogP contribution in [0.25, 0.3) is 5.69 Å². The Morgan fingerprint density at radius 2 is 1.96 bits per heavy atom. The second-order valence-corrected chi connectivity index (χ2v) is 5.06. The maximum atomic E-state index is 13.4. The lowest BCUT2D eigenvalue weighted by Gasteiger charge is -2.07. The molecule has 0 aliphatic carbocycles. The molecule has 130 valence electrons. The topological polar surface area (TPSA) is 75.0 Å². The third kappa shape index (κ3) is 4.35. The molecule has 0 fully saturated rings. The highest BCUT2D eigenvalue weighted by Crippen LogP contribution is 2.22. The lowest BCUT2D eigenvalue weighted by atomic mass is 10.3. The van der Waals surface area contributed by atoms with Crippen molar-refractivity contribution in [2.75, 3.05) is 0 Å². The van der Waals surface area contributed by atoms with Gasteiger partial charge in [-0.3, -0.25) is 0 Å². The Labute approximate surface area is 144 Å². The van der Waals surface area contributed by atoms with E-state index in [0.29, 0.717) is 16.4 Å². The van der Waals surface area contributed by atoms with Crippen LogP contribution in [-0.4, -0.2) is 31.6 Å². The van der Waals surface area contributed by atoms with E-state index in [0.717, 1.165) is 12.1 Å². The Balaban J connectivity index is 1.71. The largest absolute Gasteiger partial charge is 0.457 e. The molecular formula is C14H9ClF3N5O2. The summed E-state index contributed by atoms with van der Waals surface area (Å²) in [4.78, 5) is 7.72. The highest BCUT2D eigenvalue weighted by atomic mass is 35.5. The minimum Gasteiger partial charge on any atom is -0.457 e. The van der Waals surface area contributed by atoms with Crippen molar-refractivity contribution in [1.29, 1.82) is 0 Å². The van der Waals surface area contributed by atoms with Gasteiger partial charge in [-0.15, -0.1) is 5.10 Å². The first-order chi connectivity index (χ1) is 12.0. The first-order valence-corrected chi connectivity index (χ1v) is 7.15. The van der Waals surface area contributed by atoms with Crippen LogP contribution >= 0.6 is 11.6 Å². The number of aromatic nitrogens is 5. The molecule has 0 spiro atoms. The zero-order chi connectivity index (χ0) is 17.8. The van der Waals surface area contributed by atoms with E-state index in [1.807, 2.05) is 0 Å². The summed E-state index contributed by atoms with van der Waals surface area (Å²) >= 11 is 5.67. The van der Waals surface area contributed by atoms with Crippen molar-refractivity contribution in [1.82, 2.24) is 25.0 Å². The maximum Gasteiger partial charge on any atom is 0.387 e. The molecule has 7 nitrogen and oxygen atoms in total. The Kier molecular flexibility index (Phi) is 4.98. The van der Waals surface area contributed by atoms with Crippen molar-refractivity contribution in [2.24, 2.45) is 0 Å². The van der Waals surface area contributed by atoms with E-state index in [2.05, 4.69) is 25.0 Å². The van der Waals surface area contributed by atoms with E-state index in [4.69, 9.17) is 16.3 Å². The smallest absolute Gasteiger partial charge is 0.387 e. The van der Waals surface area contributed by atoms with Crippen LogP contribution in [0.3, 0.4) is 0 Å². The van der Waals surface area contributed by atoms with Gasteiger partial charge in [0.15, 0.2) is 11.6 Å². The van der Waals surface area contributed by atoms with Crippen LogP contribution in [0.2, 0.25) is 5.02 Å². The van der Waals surface area contributed by atoms with Crippen LogP contribution in [0.4, 0.5) is 13.2 Å². The van der Waals surface area contributed by atoms with Crippen molar-refractivity contribution < 1.29 is 22.6 Å². The molecule has 11 heteroatoms. The summed E-state index contributed by atoms with van der Waals surface area (Å²) < 4.78 is 48.7. The second-order valence-electron chi connectivity index (χ2n) is 4.62. The number of nitrogens with zero attached hydrogens (tertiary/aromatic N) is 5. The molecule has 0 aliphatic rings. The number of ether oxygens (including phenoxy) is 2. The summed E-state index contributed by atoms with van der Waals surface area (Å²) in [5, 5.41) is 8.06. The fourth-order valence-corrected chi connectivity index (χ4v) is 1.92. The zero-order valence-electron chi connectivity index (χ0n) is 12.3. The average Bonchev–Trinajstić information content (AvgIpc) is 3.05. The zero-order valence-corrected chi connectivity index (χ0v) is 13.1. The van der Waals surface area contributed by atoms with Crippen molar-refractivity contribution in [2.45, 2.75) is 13.2 Å². The van der Waals surface area contributed by atoms with Crippen LogP contribution in [-0.2, 0) is 6.61 Å². The first kappa shape index (κ1) is 17.0. The molecule has 1 aromatic carbocycles. The van der Waals surface area contributed by atoms with Gasteiger partial charge in [0.25, 0.3) is 0 Å². The average molecular weight is 372 g/mol. The quantitative estimate of drug-likeness (QED) is 0.663. The summed E-state index contributed by atoms with van der Waals surface area (Å²) in [6.07, 6.45) is 4.24. The van der Waals surface area contributed by atoms with Crippen molar-refractivity contribution >= 4 is 11.6 Å². The normalized spacial score (nSPS) is 10.9. The third-order valence-electron chi connectivity index (χ3n) is 2.88. The van der Waals surface area contributed by atoms with Crippen LogP contribution in [0.1, 0.15) is 5.69 Å². The van der Waals surface area contributed by atoms with Gasteiger partial charge in [-0.25, -0.2) is 19.0 Å². The lowest BCUT2D eigenvalue weighted by Crippen LogP contribution is -2.05. The lowest BCUT2D eigenvalue weighted by molar-refractivity contribution is -0.0521. The van der Waals surface area contributed by atoms with Gasteiger partial charge in [-0.1, -0.05) is 16.8 Å². The van der Waals surface area contributed by atoms with Gasteiger partial charge in [-0.2, -0.15) is 8.78 Å². The minimum absolute atomic E-state index is 0.0171. The molecule has 0 unspecified atom stereocenters. The predicted molar refractivity (Wildman–Crippen MR) is 79.3 cm³/mol. The summed E-state index contributed by atoms with van der Waals surface area (Å²) in [6, 6.07) is 3.53. The van der Waals surface area contributed by atoms with Crippen molar-refractivity contribution in [3.63, 3.8) is 0 Å². The number of rotatable bonds is 6. The van der Waals surface area contributed by atoms with E-state index in [1.54, 1.807) is 0 Å². The molecule has 0 N–H and O–H groups in total. The van der Waals surface area contributed by atoms with Gasteiger partial charge < -0.3 is 9.47 Å². The second kappa shape index (κ2) is 7.34. The summed E-state index contributed by atoms with van der Waals surface area (Å²) in [5.74, 6) is -1.50. The van der Waals surface area contributed by atoms with Crippen LogP contribution in [0, 0.1) is 5.82 Å². The summed E-state index contributed by atoms with van der Waals surface area (Å²) in [6.45, 7) is -3.12. The number of halogens is 4. The molecule has 0 aliphatic heterocycles. The number of benzene rings is 1. The van der Waals surface area contributed by atoms with E-state index in [9.17, 15) is 13.2 Å². The molecule has 3 aromatic rings. The van der Waals surface area contributed by atoms with E-state index in [1.165, 1.54) is 29.3 Å². The van der Waals surface area contributed by atoms with Crippen LogP contribution < -0.4 is 9.47 Å². The van der Waals surface area contributed by atoms with Gasteiger partial charge >= 0.3 is 12.6 Å². The van der Waals surface area contributed by atoms with E-state index < -0.39 is 18.2 Å². The number of hydrogen-bond donors (Lipinski definition) is 0. The fraction of sp³-hybridized carbons (Fsp3) is 0.143. The molecule has 25 heavy (non-hydrogen) atoms. The predicted octanol–water partition coefficient (Wildman–Crippen LogP) is 3.03. The summed E-state index contributed by atoms with van der Waals surface area (Å²) in [7, 11) is 0. The first-order valence-electron chi connectivity index (χ1n) is 6.77. The van der Waals surface area contributed by atoms with Gasteiger partial charge in [0.05, 0.1) is 29.3 Å². The highest BCUT2D eigenvalue weighted by molar-refractivity contribution is 6.30. The molecule has 0 saturated heterocycles. The highest BCUT2D eigenvalue weighted by Gasteiger charge is 2.12. The SMILES string of the molecule is Fc1ccc(-n2cc(COc3ncc(Cl)cn3)nn2)cc1OC(F)F. The molecule has 0 radical (unpaired) electrons. The Morgan fingerprint density at radius 3 is 2.68 bits per heavy atom. The van der Waals surface area contributed by atoms with E-state index in [-0.39, 0.29) is 12.6 Å². The van der Waals surface area contributed by atoms with Crippen LogP contribution in [0.5, 0.6) is 11.8 Å². The van der Waals surface area contributed by atoms with Gasteiger partial charge in [0.2, 0.25) is 0 Å². The number of hydrogen-bond acceptors (Lipinski definition) is 6. The monoisotopic (exact) mass is 371 g/mol. The van der Waals surface area contributed by atoms with Crippen molar-refractivity contribution in [3.05, 3.63) is 53.3 Å². The van der Waals surface area contributed by atoms with Gasteiger partial charge in [-0.05, 0) is 12.1 Å². The molecule has 2 heterocycles. The van der Waals surface area contributed by atoms with E-state index >= 15 is 0 Å². The van der Waals surface area contributed by atoms with Crippen LogP contribution in [0.15, 0.2) is 36.8 Å². The molecule has 0 amide bonds. The Bertz CT molecular complexity index is 860. The molecule has 2 aromatic heterocycles. The minimum atomic E-state index is -3.14. The molecule has 3 rings (SSSR count). The van der Waals surface area contributed by atoms with Gasteiger partial charge in [0.1, 0.15) is 12.3 Å². The maximum absolute atomic E-state index is 13.4. The molecule has 0 atom stereocenters. The molecular weight excluding hydrogens is 363 g/mol. The number of alkyl halides is 2. The summed E-state index contributed by atoms with van der Waals surface area (Å²) in [5.41, 5.74) is 0.706. The van der Waals surface area contributed by atoms with Gasteiger partial charge in [0, 0.05) is 6.07 Å². The molecule has 0 bridgehead atoms. The standard InChI is InChI=1S/C14H9ClF3N5O2/c15-8-4-19-14(20-5-8)24-7-9-6-23(22-21-9)10-1-2-11(16)12(3-10)25-13(17)18/h1-6,13H,7H2. The van der Waals surface area contributed by atoms with Crippen molar-refractivity contribution in [3.8, 4) is 17.4 Å². The Hall–Kier alpha value is -2.88. The third-order valence-corrected chi connectivity index (χ3v) is 3.08. The molecule has 0 saturated carbocycles.